The number of anilines is 1. The van der Waals surface area contributed by atoms with Crippen LogP contribution in [0.2, 0.25) is 0 Å². The van der Waals surface area contributed by atoms with Crippen molar-refractivity contribution in [3.8, 4) is 0 Å². The van der Waals surface area contributed by atoms with Crippen LogP contribution < -0.4 is 5.32 Å². The summed E-state index contributed by atoms with van der Waals surface area (Å²) in [5.74, 6) is -0.192. The Morgan fingerprint density at radius 3 is 2.50 bits per heavy atom. The number of nitrogens with one attached hydrogen (secondary N) is 1. The van der Waals surface area contributed by atoms with E-state index in [0.29, 0.717) is 25.2 Å². The Bertz CT molecular complexity index is 583. The number of amides is 1. The minimum absolute atomic E-state index is 0.0385. The second kappa shape index (κ2) is 5.90. The van der Waals surface area contributed by atoms with Crippen molar-refractivity contribution in [1.82, 2.24) is 4.31 Å². The molecule has 0 bridgehead atoms. The number of ether oxygens (including phenoxy) is 1. The van der Waals surface area contributed by atoms with Gasteiger partial charge >= 0.3 is 0 Å². The topological polar surface area (TPSA) is 75.7 Å². The molecule has 0 saturated carbocycles. The van der Waals surface area contributed by atoms with Crippen LogP contribution in [-0.2, 0) is 19.6 Å². The average molecular weight is 298 g/mol. The van der Waals surface area contributed by atoms with Crippen molar-refractivity contribution in [1.29, 1.82) is 0 Å². The number of carbonyl (C=O) groups excluding carboxylic acids is 1. The fourth-order valence-electron chi connectivity index (χ4n) is 2.17. The second-order valence-electron chi connectivity index (χ2n) is 4.72. The van der Waals surface area contributed by atoms with Gasteiger partial charge in [0.2, 0.25) is 15.9 Å². The lowest BCUT2D eigenvalue weighted by Crippen LogP contribution is -2.30. The van der Waals surface area contributed by atoms with Gasteiger partial charge in [-0.05, 0) is 30.7 Å². The van der Waals surface area contributed by atoms with Gasteiger partial charge in [-0.3, -0.25) is 4.79 Å². The predicted octanol–water partition coefficient (Wildman–Crippen LogP) is 1.05. The lowest BCUT2D eigenvalue weighted by molar-refractivity contribution is -0.114. The summed E-state index contributed by atoms with van der Waals surface area (Å²) in [4.78, 5) is 11.1. The van der Waals surface area contributed by atoms with Gasteiger partial charge in [0.1, 0.15) is 0 Å². The maximum atomic E-state index is 12.4. The lowest BCUT2D eigenvalue weighted by atomic mass is 10.3. The van der Waals surface area contributed by atoms with Gasteiger partial charge in [0.05, 0.1) is 11.0 Å². The van der Waals surface area contributed by atoms with Crippen LogP contribution in [-0.4, -0.2) is 44.9 Å². The molecule has 1 unspecified atom stereocenters. The van der Waals surface area contributed by atoms with Gasteiger partial charge < -0.3 is 10.1 Å². The third-order valence-electron chi connectivity index (χ3n) is 3.25. The highest BCUT2D eigenvalue weighted by atomic mass is 32.2. The van der Waals surface area contributed by atoms with Crippen molar-refractivity contribution in [2.75, 3.05) is 25.5 Å². The fourth-order valence-corrected chi connectivity index (χ4v) is 3.66. The number of sulfonamides is 1. The number of rotatable bonds is 4. The zero-order chi connectivity index (χ0) is 14.8. The summed E-state index contributed by atoms with van der Waals surface area (Å²) in [7, 11) is -1.90. The van der Waals surface area contributed by atoms with Crippen molar-refractivity contribution in [2.45, 2.75) is 24.3 Å². The highest BCUT2D eigenvalue weighted by Crippen LogP contribution is 2.23. The molecule has 1 heterocycles. The first kappa shape index (κ1) is 15.0. The Balaban J connectivity index is 2.16. The first-order valence-corrected chi connectivity index (χ1v) is 7.78. The van der Waals surface area contributed by atoms with Gasteiger partial charge in [-0.2, -0.15) is 4.31 Å². The molecule has 110 valence electrons. The molecular formula is C13H18N2O4S. The summed E-state index contributed by atoms with van der Waals surface area (Å²) in [6, 6.07) is 6.16. The zero-order valence-corrected chi connectivity index (χ0v) is 12.3. The van der Waals surface area contributed by atoms with Crippen molar-refractivity contribution >= 4 is 21.6 Å². The van der Waals surface area contributed by atoms with E-state index in [9.17, 15) is 13.2 Å². The molecule has 1 amide bonds. The Kier molecular flexibility index (Phi) is 4.42. The smallest absolute Gasteiger partial charge is 0.243 e. The molecule has 20 heavy (non-hydrogen) atoms. The maximum Gasteiger partial charge on any atom is 0.243 e. The van der Waals surface area contributed by atoms with Crippen LogP contribution in [0.3, 0.4) is 0 Å². The molecule has 2 rings (SSSR count). The summed E-state index contributed by atoms with van der Waals surface area (Å²) >= 11 is 0. The van der Waals surface area contributed by atoms with Gasteiger partial charge in [-0.15, -0.1) is 0 Å². The van der Waals surface area contributed by atoms with E-state index in [1.165, 1.54) is 23.4 Å². The van der Waals surface area contributed by atoms with E-state index in [1.54, 1.807) is 19.2 Å². The SMILES string of the molecule is COC1CCN(S(=O)(=O)c2ccc(NC(C)=O)cc2)C1. The first-order valence-electron chi connectivity index (χ1n) is 6.34. The molecule has 1 aromatic rings. The quantitative estimate of drug-likeness (QED) is 0.901. The zero-order valence-electron chi connectivity index (χ0n) is 11.5. The highest BCUT2D eigenvalue weighted by Gasteiger charge is 2.32. The molecular weight excluding hydrogens is 280 g/mol. The van der Waals surface area contributed by atoms with Gasteiger partial charge in [0.15, 0.2) is 0 Å². The third kappa shape index (κ3) is 3.17. The number of nitrogens with zero attached hydrogens (tertiary/aromatic N) is 1. The van der Waals surface area contributed by atoms with Crippen LogP contribution in [0.25, 0.3) is 0 Å². The summed E-state index contributed by atoms with van der Waals surface area (Å²) < 4.78 is 31.4. The number of methoxy groups -OCH3 is 1. The van der Waals surface area contributed by atoms with Crippen LogP contribution >= 0.6 is 0 Å². The van der Waals surface area contributed by atoms with Crippen LogP contribution in [0, 0.1) is 0 Å². The normalized spacial score (nSPS) is 20.0. The molecule has 0 aliphatic carbocycles. The van der Waals surface area contributed by atoms with Crippen LogP contribution in [0.1, 0.15) is 13.3 Å². The van der Waals surface area contributed by atoms with Crippen LogP contribution in [0.4, 0.5) is 5.69 Å². The lowest BCUT2D eigenvalue weighted by Gasteiger charge is -2.16. The summed E-state index contributed by atoms with van der Waals surface area (Å²) in [5, 5.41) is 2.60. The number of benzene rings is 1. The van der Waals surface area contributed by atoms with Crippen LogP contribution in [0.5, 0.6) is 0 Å². The van der Waals surface area contributed by atoms with E-state index < -0.39 is 10.0 Å². The Morgan fingerprint density at radius 1 is 1.35 bits per heavy atom. The van der Waals surface area contributed by atoms with E-state index >= 15 is 0 Å². The molecule has 0 radical (unpaired) electrons. The Morgan fingerprint density at radius 2 is 2.00 bits per heavy atom. The molecule has 1 fully saturated rings. The Hall–Kier alpha value is -1.44. The monoisotopic (exact) mass is 298 g/mol. The van der Waals surface area contributed by atoms with Crippen molar-refractivity contribution in [2.24, 2.45) is 0 Å². The summed E-state index contributed by atoms with van der Waals surface area (Å²) in [5.41, 5.74) is 0.577. The maximum absolute atomic E-state index is 12.4. The van der Waals surface area contributed by atoms with Crippen molar-refractivity contribution in [3.05, 3.63) is 24.3 Å². The second-order valence-corrected chi connectivity index (χ2v) is 6.65. The van der Waals surface area contributed by atoms with E-state index in [1.807, 2.05) is 0 Å². The van der Waals surface area contributed by atoms with Crippen molar-refractivity contribution < 1.29 is 17.9 Å². The highest BCUT2D eigenvalue weighted by molar-refractivity contribution is 7.89. The third-order valence-corrected chi connectivity index (χ3v) is 5.13. The number of hydrogen-bond donors (Lipinski definition) is 1. The van der Waals surface area contributed by atoms with Gasteiger partial charge in [-0.1, -0.05) is 0 Å². The van der Waals surface area contributed by atoms with Crippen LogP contribution in [0.15, 0.2) is 29.2 Å². The molecule has 0 aromatic heterocycles. The Labute approximate surface area is 118 Å². The predicted molar refractivity (Wildman–Crippen MR) is 74.9 cm³/mol. The fraction of sp³-hybridized carbons (Fsp3) is 0.462. The average Bonchev–Trinajstić information content (AvgIpc) is 2.88. The standard InChI is InChI=1S/C13H18N2O4S/c1-10(16)14-11-3-5-13(6-4-11)20(17,18)15-8-7-12(9-15)19-2/h3-6,12H,7-9H2,1-2H3,(H,14,16). The van der Waals surface area contributed by atoms with E-state index in [-0.39, 0.29) is 16.9 Å². The minimum Gasteiger partial charge on any atom is -0.380 e. The molecule has 1 atom stereocenters. The minimum atomic E-state index is -3.49. The summed E-state index contributed by atoms with van der Waals surface area (Å²) in [6.07, 6.45) is 0.670. The molecule has 6 nitrogen and oxygen atoms in total. The molecule has 7 heteroatoms. The molecule has 1 aliphatic heterocycles. The summed E-state index contributed by atoms with van der Waals surface area (Å²) in [6.45, 7) is 2.25. The largest absolute Gasteiger partial charge is 0.380 e. The van der Waals surface area contributed by atoms with E-state index in [0.717, 1.165) is 0 Å². The van der Waals surface area contributed by atoms with Gasteiger partial charge in [0, 0.05) is 32.8 Å². The first-order chi connectivity index (χ1) is 9.43. The van der Waals surface area contributed by atoms with E-state index in [2.05, 4.69) is 5.32 Å². The molecule has 1 aliphatic rings. The van der Waals surface area contributed by atoms with Crippen molar-refractivity contribution in [3.63, 3.8) is 0 Å². The van der Waals surface area contributed by atoms with Gasteiger partial charge in [0.25, 0.3) is 0 Å². The molecule has 1 N–H and O–H groups in total. The molecule has 1 saturated heterocycles. The number of carbonyl (C=O) groups is 1. The van der Waals surface area contributed by atoms with E-state index in [4.69, 9.17) is 4.74 Å². The number of hydrogen-bond acceptors (Lipinski definition) is 4. The van der Waals surface area contributed by atoms with Gasteiger partial charge in [-0.25, -0.2) is 8.42 Å². The molecule has 1 aromatic carbocycles. The molecule has 0 spiro atoms.